The summed E-state index contributed by atoms with van der Waals surface area (Å²) in [5, 5.41) is 3.79. The number of nitrogens with two attached hydrogens (primary N) is 1. The van der Waals surface area contributed by atoms with Crippen LogP contribution in [0.15, 0.2) is 193 Å². The molecular formula is C52H40N4. The fourth-order valence-electron chi connectivity index (χ4n) is 8.35. The molecule has 268 valence electrons. The predicted octanol–water partition coefficient (Wildman–Crippen LogP) is 12.3. The molecule has 4 nitrogen and oxygen atoms in total. The summed E-state index contributed by atoms with van der Waals surface area (Å²) in [6, 6.07) is 62.5. The van der Waals surface area contributed by atoms with E-state index < -0.39 is 0 Å². The van der Waals surface area contributed by atoms with Crippen LogP contribution in [0.4, 0.5) is 0 Å². The molecule has 0 atom stereocenters. The quantitative estimate of drug-likeness (QED) is 0.123. The zero-order valence-corrected chi connectivity index (χ0v) is 31.0. The van der Waals surface area contributed by atoms with Crippen molar-refractivity contribution in [2.24, 2.45) is 10.7 Å². The topological polar surface area (TPSA) is 48.2 Å². The molecule has 2 N–H and O–H groups in total. The van der Waals surface area contributed by atoms with E-state index in [9.17, 15) is 0 Å². The number of fused-ring (bicyclic) bond motifs is 6. The lowest BCUT2D eigenvalue weighted by molar-refractivity contribution is 0.888. The van der Waals surface area contributed by atoms with Gasteiger partial charge in [0.2, 0.25) is 0 Å². The molecule has 0 bridgehead atoms. The first-order chi connectivity index (χ1) is 27.7. The lowest BCUT2D eigenvalue weighted by Crippen LogP contribution is -2.13. The lowest BCUT2D eigenvalue weighted by atomic mass is 9.98. The Morgan fingerprint density at radius 3 is 1.91 bits per heavy atom. The number of hydrogen-bond acceptors (Lipinski definition) is 1. The Labute approximate surface area is 326 Å². The van der Waals surface area contributed by atoms with Crippen LogP contribution in [0, 0.1) is 0 Å². The van der Waals surface area contributed by atoms with Gasteiger partial charge in [-0.3, -0.25) is 0 Å². The third kappa shape index (κ3) is 6.02. The van der Waals surface area contributed by atoms with Crippen LogP contribution in [0.1, 0.15) is 34.4 Å². The van der Waals surface area contributed by atoms with Crippen LogP contribution < -0.4 is 5.73 Å². The van der Waals surface area contributed by atoms with Gasteiger partial charge in [-0.1, -0.05) is 140 Å². The summed E-state index contributed by atoms with van der Waals surface area (Å²) in [6.07, 6.45) is 9.58. The van der Waals surface area contributed by atoms with Gasteiger partial charge >= 0.3 is 0 Å². The molecule has 1 aliphatic rings. The van der Waals surface area contributed by atoms with Gasteiger partial charge < -0.3 is 14.9 Å². The maximum absolute atomic E-state index is 6.58. The van der Waals surface area contributed by atoms with Gasteiger partial charge in [0.1, 0.15) is 5.84 Å². The van der Waals surface area contributed by atoms with Crippen LogP contribution in [0.5, 0.6) is 0 Å². The van der Waals surface area contributed by atoms with Gasteiger partial charge in [-0.05, 0) is 90.6 Å². The van der Waals surface area contributed by atoms with Crippen molar-refractivity contribution in [2.75, 3.05) is 0 Å². The summed E-state index contributed by atoms with van der Waals surface area (Å²) in [5.41, 5.74) is 21.6. The van der Waals surface area contributed by atoms with Crippen LogP contribution in [-0.2, 0) is 12.8 Å². The molecule has 0 spiro atoms. The smallest absolute Gasteiger partial charge is 0.131 e. The predicted molar refractivity (Wildman–Crippen MR) is 236 cm³/mol. The molecule has 7 aromatic carbocycles. The van der Waals surface area contributed by atoms with Gasteiger partial charge in [0.15, 0.2) is 0 Å². The Bertz CT molecular complexity index is 2960. The van der Waals surface area contributed by atoms with E-state index in [1.54, 1.807) is 0 Å². The third-order valence-corrected chi connectivity index (χ3v) is 11.1. The fourth-order valence-corrected chi connectivity index (χ4v) is 8.35. The van der Waals surface area contributed by atoms with Crippen molar-refractivity contribution in [1.82, 2.24) is 9.13 Å². The molecule has 1 aliphatic carbocycles. The number of aliphatic imine (C=N–C) groups is 1. The SMILES string of the molecule is NC(=N/C(=C\Cc1ccccc1)c1ccc(-n2c3c(c4cc(-c5ccc6c(c5)c5ccccc5n6-c5ccccc5)ccc42)C=CCC3)cc1)c1ccccc1. The number of benzene rings is 7. The highest BCUT2D eigenvalue weighted by Gasteiger charge is 2.20. The second-order valence-corrected chi connectivity index (χ2v) is 14.5. The van der Waals surface area contributed by atoms with Gasteiger partial charge in [0.05, 0.1) is 22.2 Å². The molecule has 0 aliphatic heterocycles. The summed E-state index contributed by atoms with van der Waals surface area (Å²) in [5.74, 6) is 0.503. The highest BCUT2D eigenvalue weighted by atomic mass is 15.0. The minimum Gasteiger partial charge on any atom is -0.383 e. The largest absolute Gasteiger partial charge is 0.383 e. The highest BCUT2D eigenvalue weighted by Crippen LogP contribution is 2.39. The van der Waals surface area contributed by atoms with Crippen molar-refractivity contribution in [2.45, 2.75) is 19.3 Å². The van der Waals surface area contributed by atoms with Gasteiger partial charge in [-0.15, -0.1) is 0 Å². The molecule has 2 heterocycles. The van der Waals surface area contributed by atoms with Gasteiger partial charge in [-0.25, -0.2) is 4.99 Å². The van der Waals surface area contributed by atoms with Crippen LogP contribution in [0.25, 0.3) is 67.0 Å². The minimum atomic E-state index is 0.503. The van der Waals surface area contributed by atoms with E-state index >= 15 is 0 Å². The van der Waals surface area contributed by atoms with Crippen LogP contribution in [0.2, 0.25) is 0 Å². The molecule has 2 aromatic heterocycles. The summed E-state index contributed by atoms with van der Waals surface area (Å²) >= 11 is 0. The van der Waals surface area contributed by atoms with Crippen LogP contribution in [0.3, 0.4) is 0 Å². The Hall–Kier alpha value is -7.17. The fraction of sp³-hybridized carbons (Fsp3) is 0.0577. The molecule has 0 radical (unpaired) electrons. The molecular weight excluding hydrogens is 681 g/mol. The zero-order chi connectivity index (χ0) is 37.4. The van der Waals surface area contributed by atoms with E-state index in [1.807, 2.05) is 36.4 Å². The van der Waals surface area contributed by atoms with Gasteiger partial charge in [0.25, 0.3) is 0 Å². The number of amidine groups is 1. The van der Waals surface area contributed by atoms with Gasteiger partial charge in [-0.2, -0.15) is 0 Å². The van der Waals surface area contributed by atoms with Crippen molar-refractivity contribution in [1.29, 1.82) is 0 Å². The first-order valence-corrected chi connectivity index (χ1v) is 19.4. The van der Waals surface area contributed by atoms with E-state index in [0.29, 0.717) is 5.84 Å². The maximum Gasteiger partial charge on any atom is 0.131 e. The lowest BCUT2D eigenvalue weighted by Gasteiger charge is -2.14. The first kappa shape index (κ1) is 33.4. The molecule has 0 saturated carbocycles. The van der Waals surface area contributed by atoms with E-state index in [2.05, 4.69) is 167 Å². The molecule has 0 fully saturated rings. The number of aromatic nitrogens is 2. The normalized spacial score (nSPS) is 13.1. The minimum absolute atomic E-state index is 0.503. The van der Waals surface area contributed by atoms with Gasteiger partial charge in [0, 0.05) is 49.9 Å². The second-order valence-electron chi connectivity index (χ2n) is 14.5. The summed E-state index contributed by atoms with van der Waals surface area (Å²) in [4.78, 5) is 4.97. The Morgan fingerprint density at radius 1 is 0.554 bits per heavy atom. The van der Waals surface area contributed by atoms with Crippen molar-refractivity contribution < 1.29 is 0 Å². The molecule has 0 unspecified atom stereocenters. The molecule has 0 saturated heterocycles. The average Bonchev–Trinajstić information content (AvgIpc) is 3.78. The zero-order valence-electron chi connectivity index (χ0n) is 31.0. The number of nitrogens with zero attached hydrogens (tertiary/aromatic N) is 3. The number of allylic oxidation sites excluding steroid dienone is 2. The number of hydrogen-bond donors (Lipinski definition) is 1. The van der Waals surface area contributed by atoms with E-state index in [4.69, 9.17) is 10.7 Å². The standard InChI is InChI=1S/C52H40N4/c53-52(38-16-6-2-7-17-38)54-47(31-24-36-14-4-1-5-15-36)37-25-29-42(30-26-37)56-49-23-13-11-21-44(49)46-35-40(28-33-51(46)56)39-27-32-50-45(34-39)43-20-10-12-22-48(43)55(50)41-18-8-3-9-19-41/h1-12,14-22,25-35H,13,23-24H2,(H2,53,54)/b47-31-. The second kappa shape index (κ2) is 14.2. The summed E-state index contributed by atoms with van der Waals surface area (Å²) in [6.45, 7) is 0. The highest BCUT2D eigenvalue weighted by molar-refractivity contribution is 6.10. The van der Waals surface area contributed by atoms with Crippen LogP contribution >= 0.6 is 0 Å². The third-order valence-electron chi connectivity index (χ3n) is 11.1. The van der Waals surface area contributed by atoms with Crippen molar-refractivity contribution in [3.05, 3.63) is 216 Å². The van der Waals surface area contributed by atoms with Crippen LogP contribution in [-0.4, -0.2) is 15.0 Å². The van der Waals surface area contributed by atoms with E-state index in [0.717, 1.165) is 41.8 Å². The van der Waals surface area contributed by atoms with Crippen molar-refractivity contribution >= 4 is 50.3 Å². The Morgan fingerprint density at radius 2 is 1.16 bits per heavy atom. The van der Waals surface area contributed by atoms with E-state index in [1.165, 1.54) is 66.3 Å². The van der Waals surface area contributed by atoms with Crippen molar-refractivity contribution in [3.8, 4) is 22.5 Å². The summed E-state index contributed by atoms with van der Waals surface area (Å²) in [7, 11) is 0. The Kier molecular flexibility index (Phi) is 8.49. The summed E-state index contributed by atoms with van der Waals surface area (Å²) < 4.78 is 4.82. The number of rotatable bonds is 8. The van der Waals surface area contributed by atoms with E-state index in [-0.39, 0.29) is 0 Å². The molecule has 10 rings (SSSR count). The molecule has 4 heteroatoms. The molecule has 0 amide bonds. The Balaban J connectivity index is 1.04. The first-order valence-electron chi connectivity index (χ1n) is 19.4. The molecule has 56 heavy (non-hydrogen) atoms. The average molecular weight is 721 g/mol. The molecule has 9 aromatic rings. The number of para-hydroxylation sites is 2. The maximum atomic E-state index is 6.58. The monoisotopic (exact) mass is 720 g/mol. The van der Waals surface area contributed by atoms with Crippen molar-refractivity contribution in [3.63, 3.8) is 0 Å².